The number of halogens is 1. The average molecular weight is 293 g/mol. The molecule has 1 aromatic rings. The molecule has 1 heterocycles. The number of piperidine rings is 1. The second-order valence-electron chi connectivity index (χ2n) is 6.04. The molecule has 0 bridgehead atoms. The number of carbonyl (C=O) groups excluding carboxylic acids is 1. The summed E-state index contributed by atoms with van der Waals surface area (Å²) in [6, 6.07) is 6.20. The molecule has 4 heteroatoms. The summed E-state index contributed by atoms with van der Waals surface area (Å²) >= 11 is 0. The Balaban J connectivity index is 1.97. The van der Waals surface area contributed by atoms with Gasteiger partial charge < -0.3 is 9.64 Å². The lowest BCUT2D eigenvalue weighted by Crippen LogP contribution is -2.46. The molecule has 1 saturated heterocycles. The summed E-state index contributed by atoms with van der Waals surface area (Å²) in [7, 11) is 1.73. The third kappa shape index (κ3) is 3.89. The molecule has 2 rings (SSSR count). The van der Waals surface area contributed by atoms with Gasteiger partial charge in [0.05, 0.1) is 11.7 Å². The number of nitrogens with zero attached hydrogens (tertiary/aromatic N) is 1. The molecule has 0 aliphatic carbocycles. The number of Topliss-reactive ketones (excluding diaryl/α,β-unsaturated/α-hetero) is 1. The molecule has 0 spiro atoms. The summed E-state index contributed by atoms with van der Waals surface area (Å²) in [4.78, 5) is 14.6. The van der Waals surface area contributed by atoms with Crippen LogP contribution in [0.15, 0.2) is 24.3 Å². The van der Waals surface area contributed by atoms with Crippen LogP contribution in [0.4, 0.5) is 4.39 Å². The Kier molecular flexibility index (Phi) is 5.48. The van der Waals surface area contributed by atoms with Crippen molar-refractivity contribution in [2.24, 2.45) is 11.8 Å². The third-order valence-corrected chi connectivity index (χ3v) is 4.40. The van der Waals surface area contributed by atoms with Crippen LogP contribution in [0, 0.1) is 17.7 Å². The normalized spacial score (nSPS) is 24.8. The lowest BCUT2D eigenvalue weighted by atomic mass is 9.93. The standard InChI is InChI=1S/C17H24FNO2/c1-12-8-9-19(11-16(12)21-3)10-13(2)17(20)14-6-4-5-7-15(14)18/h4-7,12-13,16H,8-11H2,1-3H3. The molecule has 116 valence electrons. The fourth-order valence-corrected chi connectivity index (χ4v) is 2.97. The van der Waals surface area contributed by atoms with Crippen molar-refractivity contribution < 1.29 is 13.9 Å². The zero-order valence-corrected chi connectivity index (χ0v) is 13.0. The van der Waals surface area contributed by atoms with Crippen LogP contribution in [0.5, 0.6) is 0 Å². The lowest BCUT2D eigenvalue weighted by molar-refractivity contribution is -0.00798. The molecule has 21 heavy (non-hydrogen) atoms. The summed E-state index contributed by atoms with van der Waals surface area (Å²) in [5, 5.41) is 0. The van der Waals surface area contributed by atoms with Crippen LogP contribution >= 0.6 is 0 Å². The summed E-state index contributed by atoms with van der Waals surface area (Å²) in [5.41, 5.74) is 0.193. The van der Waals surface area contributed by atoms with Gasteiger partial charge in [-0.1, -0.05) is 26.0 Å². The number of methoxy groups -OCH3 is 1. The highest BCUT2D eigenvalue weighted by Crippen LogP contribution is 2.21. The van der Waals surface area contributed by atoms with Gasteiger partial charge in [-0.3, -0.25) is 4.79 Å². The minimum absolute atomic E-state index is 0.124. The summed E-state index contributed by atoms with van der Waals surface area (Å²) in [6.45, 7) is 6.52. The number of hydrogen-bond acceptors (Lipinski definition) is 3. The minimum Gasteiger partial charge on any atom is -0.380 e. The molecule has 0 amide bonds. The van der Waals surface area contributed by atoms with E-state index in [4.69, 9.17) is 4.74 Å². The SMILES string of the molecule is COC1CN(CC(C)C(=O)c2ccccc2F)CCC1C. The van der Waals surface area contributed by atoms with Crippen molar-refractivity contribution in [1.29, 1.82) is 0 Å². The number of likely N-dealkylation sites (tertiary alicyclic amines) is 1. The number of rotatable bonds is 5. The van der Waals surface area contributed by atoms with Gasteiger partial charge in [0.25, 0.3) is 0 Å². The maximum Gasteiger partial charge on any atom is 0.169 e. The first-order valence-corrected chi connectivity index (χ1v) is 7.56. The van der Waals surface area contributed by atoms with E-state index in [9.17, 15) is 9.18 Å². The molecule has 0 saturated carbocycles. The predicted octanol–water partition coefficient (Wildman–Crippen LogP) is 3.00. The number of hydrogen-bond donors (Lipinski definition) is 0. The van der Waals surface area contributed by atoms with Gasteiger partial charge >= 0.3 is 0 Å². The highest BCUT2D eigenvalue weighted by Gasteiger charge is 2.28. The van der Waals surface area contributed by atoms with Crippen LogP contribution in [0.1, 0.15) is 30.6 Å². The molecule has 0 N–H and O–H groups in total. The van der Waals surface area contributed by atoms with E-state index in [1.165, 1.54) is 6.07 Å². The van der Waals surface area contributed by atoms with E-state index < -0.39 is 5.82 Å². The summed E-state index contributed by atoms with van der Waals surface area (Å²) < 4.78 is 19.2. The molecular formula is C17H24FNO2. The molecule has 0 aromatic heterocycles. The Labute approximate surface area is 126 Å². The third-order valence-electron chi connectivity index (χ3n) is 4.40. The average Bonchev–Trinajstić information content (AvgIpc) is 2.49. The van der Waals surface area contributed by atoms with Gasteiger partial charge in [-0.25, -0.2) is 4.39 Å². The first-order valence-electron chi connectivity index (χ1n) is 7.56. The van der Waals surface area contributed by atoms with Gasteiger partial charge in [-0.05, 0) is 31.0 Å². The van der Waals surface area contributed by atoms with Gasteiger partial charge in [-0.2, -0.15) is 0 Å². The maximum atomic E-state index is 13.7. The first kappa shape index (κ1) is 16.1. The van der Waals surface area contributed by atoms with Gasteiger partial charge in [0.15, 0.2) is 5.78 Å². The Bertz CT molecular complexity index is 491. The zero-order valence-electron chi connectivity index (χ0n) is 13.0. The van der Waals surface area contributed by atoms with E-state index in [0.717, 1.165) is 19.5 Å². The van der Waals surface area contributed by atoms with E-state index in [1.54, 1.807) is 25.3 Å². The largest absolute Gasteiger partial charge is 0.380 e. The van der Waals surface area contributed by atoms with Crippen LogP contribution in [-0.2, 0) is 4.74 Å². The van der Waals surface area contributed by atoms with Crippen molar-refractivity contribution in [2.45, 2.75) is 26.4 Å². The monoisotopic (exact) mass is 293 g/mol. The van der Waals surface area contributed by atoms with Crippen molar-refractivity contribution >= 4 is 5.78 Å². The Morgan fingerprint density at radius 3 is 2.86 bits per heavy atom. The highest BCUT2D eigenvalue weighted by molar-refractivity contribution is 5.98. The van der Waals surface area contributed by atoms with E-state index in [1.807, 2.05) is 6.92 Å². The molecule has 3 unspecified atom stereocenters. The van der Waals surface area contributed by atoms with Crippen molar-refractivity contribution in [3.8, 4) is 0 Å². The van der Waals surface area contributed by atoms with E-state index >= 15 is 0 Å². The predicted molar refractivity (Wildman–Crippen MR) is 80.9 cm³/mol. The molecule has 1 aliphatic heterocycles. The van der Waals surface area contributed by atoms with Crippen molar-refractivity contribution in [1.82, 2.24) is 4.90 Å². The number of ether oxygens (including phenoxy) is 1. The number of benzene rings is 1. The summed E-state index contributed by atoms with van der Waals surface area (Å²) in [6.07, 6.45) is 1.29. The molecule has 3 nitrogen and oxygen atoms in total. The van der Waals surface area contributed by atoms with E-state index in [2.05, 4.69) is 11.8 Å². The van der Waals surface area contributed by atoms with Crippen LogP contribution < -0.4 is 0 Å². The van der Waals surface area contributed by atoms with Gasteiger partial charge in [0.2, 0.25) is 0 Å². The Morgan fingerprint density at radius 2 is 2.19 bits per heavy atom. The molecule has 0 radical (unpaired) electrons. The minimum atomic E-state index is -0.434. The second kappa shape index (κ2) is 7.14. The Morgan fingerprint density at radius 1 is 1.48 bits per heavy atom. The van der Waals surface area contributed by atoms with Crippen molar-refractivity contribution in [3.05, 3.63) is 35.6 Å². The molecular weight excluding hydrogens is 269 g/mol. The highest BCUT2D eigenvalue weighted by atomic mass is 19.1. The fraction of sp³-hybridized carbons (Fsp3) is 0.588. The lowest BCUT2D eigenvalue weighted by Gasteiger charge is -2.37. The van der Waals surface area contributed by atoms with Crippen LogP contribution in [-0.4, -0.2) is 43.5 Å². The molecule has 3 atom stereocenters. The van der Waals surface area contributed by atoms with Crippen molar-refractivity contribution in [2.75, 3.05) is 26.7 Å². The Hall–Kier alpha value is -1.26. The molecule has 1 aromatic carbocycles. The molecule has 1 fully saturated rings. The van der Waals surface area contributed by atoms with Crippen LogP contribution in [0.25, 0.3) is 0 Å². The van der Waals surface area contributed by atoms with Gasteiger partial charge in [0, 0.05) is 26.1 Å². The van der Waals surface area contributed by atoms with Crippen LogP contribution in [0.2, 0.25) is 0 Å². The maximum absolute atomic E-state index is 13.7. The fourth-order valence-electron chi connectivity index (χ4n) is 2.97. The van der Waals surface area contributed by atoms with E-state index in [-0.39, 0.29) is 23.4 Å². The van der Waals surface area contributed by atoms with E-state index in [0.29, 0.717) is 12.5 Å². The van der Waals surface area contributed by atoms with Crippen molar-refractivity contribution in [3.63, 3.8) is 0 Å². The second-order valence-corrected chi connectivity index (χ2v) is 6.04. The zero-order chi connectivity index (χ0) is 15.4. The van der Waals surface area contributed by atoms with Gasteiger partial charge in [0.1, 0.15) is 5.82 Å². The molecule has 1 aliphatic rings. The topological polar surface area (TPSA) is 29.5 Å². The van der Waals surface area contributed by atoms with Gasteiger partial charge in [-0.15, -0.1) is 0 Å². The summed E-state index contributed by atoms with van der Waals surface area (Å²) in [5.74, 6) is -0.228. The quantitative estimate of drug-likeness (QED) is 0.782. The smallest absolute Gasteiger partial charge is 0.169 e. The number of ketones is 1. The number of carbonyl (C=O) groups is 1. The first-order chi connectivity index (χ1) is 10.0. The van der Waals surface area contributed by atoms with Crippen LogP contribution in [0.3, 0.4) is 0 Å².